The lowest BCUT2D eigenvalue weighted by atomic mass is 10.1. The van der Waals surface area contributed by atoms with E-state index in [9.17, 15) is 14.6 Å². The molecule has 1 saturated heterocycles. The van der Waals surface area contributed by atoms with Gasteiger partial charge in [0.05, 0.1) is 6.61 Å². The Labute approximate surface area is 90.1 Å². The van der Waals surface area contributed by atoms with Gasteiger partial charge in [0.25, 0.3) is 0 Å². The van der Waals surface area contributed by atoms with E-state index < -0.39 is 37.8 Å². The molecule has 2 unspecified atom stereocenters. The van der Waals surface area contributed by atoms with E-state index in [2.05, 4.69) is 10.1 Å². The minimum absolute atomic E-state index is 0.0299. The molecule has 0 aromatic carbocycles. The Morgan fingerprint density at radius 3 is 2.69 bits per heavy atom. The molecule has 1 aliphatic heterocycles. The number of rotatable bonds is 3. The lowest BCUT2D eigenvalue weighted by molar-refractivity contribution is -0.0589. The van der Waals surface area contributed by atoms with Gasteiger partial charge in [-0.2, -0.15) is 5.10 Å². The van der Waals surface area contributed by atoms with E-state index >= 15 is 0 Å². The van der Waals surface area contributed by atoms with E-state index in [1.54, 1.807) is 0 Å². The molecule has 4 atom stereocenters. The maximum absolute atomic E-state index is 12.2. The van der Waals surface area contributed by atoms with Gasteiger partial charge in [0.1, 0.15) is 24.6 Å². The summed E-state index contributed by atoms with van der Waals surface area (Å²) >= 11 is 0. The van der Waals surface area contributed by atoms with E-state index in [1.807, 2.05) is 0 Å². The number of hydrogen-bond donors (Lipinski definition) is 3. The number of aliphatic hydroxyl groups is 3. The minimum atomic E-state index is -1.23. The van der Waals surface area contributed by atoms with Crippen molar-refractivity contribution < 1.29 is 24.4 Å². The van der Waals surface area contributed by atoms with Gasteiger partial charge in [0, 0.05) is 0 Å². The fraction of sp³-hybridized carbons (Fsp3) is 0.750. The minimum Gasteiger partial charge on any atom is -0.394 e. The van der Waals surface area contributed by atoms with Crippen LogP contribution >= 0.6 is 0 Å². The van der Waals surface area contributed by atoms with Crippen LogP contribution in [0.15, 0.2) is 6.33 Å². The van der Waals surface area contributed by atoms with Crippen molar-refractivity contribution in [2.75, 3.05) is 6.61 Å². The van der Waals surface area contributed by atoms with Crippen molar-refractivity contribution >= 4 is 0 Å². The predicted molar refractivity (Wildman–Crippen MR) is 47.8 cm³/mol. The summed E-state index contributed by atoms with van der Waals surface area (Å²) in [5.41, 5.74) is 0. The van der Waals surface area contributed by atoms with Crippen molar-refractivity contribution in [3.63, 3.8) is 0 Å². The highest BCUT2D eigenvalue weighted by Crippen LogP contribution is 2.28. The van der Waals surface area contributed by atoms with Crippen LogP contribution < -0.4 is 0 Å². The fourth-order valence-electron chi connectivity index (χ4n) is 1.59. The van der Waals surface area contributed by atoms with Crippen molar-refractivity contribution in [3.05, 3.63) is 12.2 Å². The van der Waals surface area contributed by atoms with Crippen molar-refractivity contribution in [2.24, 2.45) is 0 Å². The lowest BCUT2D eigenvalue weighted by Crippen LogP contribution is -2.33. The molecule has 7 nitrogen and oxygen atoms in total. The first-order valence-corrected chi connectivity index (χ1v) is 4.75. The Kier molecular flexibility index (Phi) is 3.15. The Morgan fingerprint density at radius 2 is 2.19 bits per heavy atom. The molecule has 2 heterocycles. The summed E-state index contributed by atoms with van der Waals surface area (Å²) in [4.78, 5) is 3.63. The summed E-state index contributed by atoms with van der Waals surface area (Å²) in [7, 11) is 0. The van der Waals surface area contributed by atoms with Gasteiger partial charge >= 0.3 is 0 Å². The van der Waals surface area contributed by atoms with Crippen LogP contribution in [0, 0.1) is 0 Å². The van der Waals surface area contributed by atoms with Gasteiger partial charge in [-0.1, -0.05) is 0 Å². The first-order valence-electron chi connectivity index (χ1n) is 4.75. The first kappa shape index (κ1) is 11.4. The van der Waals surface area contributed by atoms with Gasteiger partial charge in [-0.25, -0.2) is 14.1 Å². The van der Waals surface area contributed by atoms with Crippen LogP contribution in [0.25, 0.3) is 0 Å². The molecule has 0 amide bonds. The Morgan fingerprint density at radius 1 is 1.44 bits per heavy atom. The number of alkyl halides is 1. The van der Waals surface area contributed by atoms with Crippen LogP contribution in [-0.2, 0) is 11.4 Å². The topological polar surface area (TPSA) is 101 Å². The van der Waals surface area contributed by atoms with Crippen LogP contribution in [0.2, 0.25) is 0 Å². The molecule has 0 aliphatic carbocycles. The van der Waals surface area contributed by atoms with E-state index in [-0.39, 0.29) is 5.82 Å². The van der Waals surface area contributed by atoms with Gasteiger partial charge in [0.2, 0.25) is 0 Å². The molecule has 8 heteroatoms. The zero-order valence-corrected chi connectivity index (χ0v) is 8.27. The molecular formula is C8H12FN3O4. The van der Waals surface area contributed by atoms with Crippen LogP contribution in [0.1, 0.15) is 12.1 Å². The van der Waals surface area contributed by atoms with Crippen molar-refractivity contribution in [1.29, 1.82) is 0 Å². The zero-order chi connectivity index (χ0) is 11.7. The molecule has 1 aliphatic rings. The molecule has 0 radical (unpaired) electrons. The lowest BCUT2D eigenvalue weighted by Gasteiger charge is -2.13. The van der Waals surface area contributed by atoms with Crippen LogP contribution in [0.3, 0.4) is 0 Å². The Hall–Kier alpha value is -1.09. The van der Waals surface area contributed by atoms with Crippen molar-refractivity contribution in [3.8, 4) is 0 Å². The van der Waals surface area contributed by atoms with Gasteiger partial charge < -0.3 is 20.1 Å². The maximum atomic E-state index is 12.2. The second-order valence-corrected chi connectivity index (χ2v) is 3.50. The summed E-state index contributed by atoms with van der Waals surface area (Å²) in [6.07, 6.45) is -3.06. The first-order chi connectivity index (χ1) is 7.67. The highest BCUT2D eigenvalue weighted by atomic mass is 19.1. The standard InChI is InChI=1S/C8H12FN3O4/c9-1-5-10-3-12(11-5)8-7(15)6(14)4(2-13)16-8/h3-4,6-8,13-15H,1-2H2/t4-,6?,7?,8-/m1/s1. The second kappa shape index (κ2) is 4.42. The van der Waals surface area contributed by atoms with Gasteiger partial charge in [-0.05, 0) is 0 Å². The second-order valence-electron chi connectivity index (χ2n) is 3.50. The molecular weight excluding hydrogens is 221 g/mol. The average Bonchev–Trinajstić information content (AvgIpc) is 2.86. The number of nitrogens with zero attached hydrogens (tertiary/aromatic N) is 3. The van der Waals surface area contributed by atoms with E-state index in [0.717, 1.165) is 4.68 Å². The SMILES string of the molecule is OC[C@H]1O[C@@H](n2cnc(CF)n2)C(O)C1O. The fourth-order valence-corrected chi connectivity index (χ4v) is 1.59. The summed E-state index contributed by atoms with van der Waals surface area (Å²) in [5.74, 6) is -0.0299. The quantitative estimate of drug-likeness (QED) is 0.579. The van der Waals surface area contributed by atoms with Gasteiger partial charge in [-0.15, -0.1) is 0 Å². The summed E-state index contributed by atoms with van der Waals surface area (Å²) in [6, 6.07) is 0. The van der Waals surface area contributed by atoms with Crippen LogP contribution in [-0.4, -0.2) is 55.0 Å². The van der Waals surface area contributed by atoms with E-state index in [1.165, 1.54) is 6.33 Å². The third-order valence-electron chi connectivity index (χ3n) is 2.45. The van der Waals surface area contributed by atoms with Crippen LogP contribution in [0.5, 0.6) is 0 Å². The highest BCUT2D eigenvalue weighted by molar-refractivity contribution is 4.90. The molecule has 1 fully saturated rings. The van der Waals surface area contributed by atoms with Crippen molar-refractivity contribution in [1.82, 2.24) is 14.8 Å². The third kappa shape index (κ3) is 1.80. The largest absolute Gasteiger partial charge is 0.394 e. The third-order valence-corrected chi connectivity index (χ3v) is 2.45. The molecule has 1 aromatic heterocycles. The average molecular weight is 233 g/mol. The monoisotopic (exact) mass is 233 g/mol. The van der Waals surface area contributed by atoms with Crippen LogP contribution in [0.4, 0.5) is 4.39 Å². The molecule has 0 spiro atoms. The number of aromatic nitrogens is 3. The van der Waals surface area contributed by atoms with E-state index in [4.69, 9.17) is 9.84 Å². The Bertz CT molecular complexity index is 361. The summed E-state index contributed by atoms with van der Waals surface area (Å²) in [6.45, 7) is -1.23. The maximum Gasteiger partial charge on any atom is 0.181 e. The summed E-state index contributed by atoms with van der Waals surface area (Å²) in [5, 5.41) is 31.7. The molecule has 2 rings (SSSR count). The number of aliphatic hydroxyl groups excluding tert-OH is 3. The predicted octanol–water partition coefficient (Wildman–Crippen LogP) is -1.64. The zero-order valence-electron chi connectivity index (χ0n) is 8.27. The molecule has 90 valence electrons. The molecule has 16 heavy (non-hydrogen) atoms. The number of ether oxygens (including phenoxy) is 1. The summed E-state index contributed by atoms with van der Waals surface area (Å²) < 4.78 is 18.5. The van der Waals surface area contributed by atoms with Gasteiger partial charge in [0.15, 0.2) is 18.7 Å². The van der Waals surface area contributed by atoms with Crippen molar-refractivity contribution in [2.45, 2.75) is 31.2 Å². The molecule has 1 aromatic rings. The molecule has 0 bridgehead atoms. The molecule has 3 N–H and O–H groups in total. The number of halogens is 1. The molecule has 0 saturated carbocycles. The Balaban J connectivity index is 2.16. The normalized spacial score (nSPS) is 34.5. The smallest absolute Gasteiger partial charge is 0.181 e. The van der Waals surface area contributed by atoms with E-state index in [0.29, 0.717) is 0 Å². The number of hydrogen-bond acceptors (Lipinski definition) is 6. The highest BCUT2D eigenvalue weighted by Gasteiger charge is 2.43. The van der Waals surface area contributed by atoms with Gasteiger partial charge in [-0.3, -0.25) is 0 Å².